The summed E-state index contributed by atoms with van der Waals surface area (Å²) < 4.78 is 5.68. The van der Waals surface area contributed by atoms with Crippen molar-refractivity contribution < 1.29 is 24.2 Å². The molecule has 0 saturated heterocycles. The van der Waals surface area contributed by atoms with Crippen LogP contribution in [0.5, 0.6) is 0 Å². The van der Waals surface area contributed by atoms with E-state index in [-0.39, 0.29) is 36.8 Å². The molecule has 2 amide bonds. The monoisotopic (exact) mass is 478 g/mol. The SMILES string of the molecule is CC(C)C(CC(=O)O)NC(=O)C1CCCCC1NC(=O)OCC1c2ccccc2-c2ccccc21. The summed E-state index contributed by atoms with van der Waals surface area (Å²) in [4.78, 5) is 37.0. The summed E-state index contributed by atoms with van der Waals surface area (Å²) in [6.45, 7) is 4.00. The van der Waals surface area contributed by atoms with Gasteiger partial charge in [-0.15, -0.1) is 0 Å². The first kappa shape index (κ1) is 24.8. The van der Waals surface area contributed by atoms with Gasteiger partial charge in [0.25, 0.3) is 0 Å². The minimum absolute atomic E-state index is 0.00724. The molecule has 0 heterocycles. The van der Waals surface area contributed by atoms with E-state index in [1.807, 2.05) is 38.1 Å². The summed E-state index contributed by atoms with van der Waals surface area (Å²) >= 11 is 0. The molecular formula is C28H34N2O5. The van der Waals surface area contributed by atoms with Crippen LogP contribution in [-0.4, -0.2) is 41.8 Å². The molecule has 7 heteroatoms. The van der Waals surface area contributed by atoms with Crippen molar-refractivity contribution >= 4 is 18.0 Å². The summed E-state index contributed by atoms with van der Waals surface area (Å²) in [6.07, 6.45) is 2.50. The molecule has 2 aliphatic rings. The minimum atomic E-state index is -0.944. The molecule has 3 N–H and O–H groups in total. The third-order valence-electron chi connectivity index (χ3n) is 7.28. The largest absolute Gasteiger partial charge is 0.481 e. The summed E-state index contributed by atoms with van der Waals surface area (Å²) in [5, 5.41) is 15.0. The van der Waals surface area contributed by atoms with Crippen molar-refractivity contribution in [3.05, 3.63) is 59.7 Å². The van der Waals surface area contributed by atoms with Crippen molar-refractivity contribution in [2.24, 2.45) is 11.8 Å². The van der Waals surface area contributed by atoms with E-state index in [9.17, 15) is 19.5 Å². The van der Waals surface area contributed by atoms with Crippen LogP contribution in [0.2, 0.25) is 0 Å². The maximum absolute atomic E-state index is 13.0. The smallest absolute Gasteiger partial charge is 0.407 e. The number of alkyl carbamates (subject to hydrolysis) is 1. The Bertz CT molecular complexity index is 1040. The van der Waals surface area contributed by atoms with Crippen LogP contribution >= 0.6 is 0 Å². The summed E-state index contributed by atoms with van der Waals surface area (Å²) in [5.41, 5.74) is 4.63. The summed E-state index contributed by atoms with van der Waals surface area (Å²) in [7, 11) is 0. The normalized spacial score (nSPS) is 20.0. The highest BCUT2D eigenvalue weighted by atomic mass is 16.5. The number of carbonyl (C=O) groups is 3. The molecule has 0 aromatic heterocycles. The second kappa shape index (κ2) is 10.9. The Kier molecular flexibility index (Phi) is 7.73. The van der Waals surface area contributed by atoms with Crippen LogP contribution in [0.25, 0.3) is 11.1 Å². The molecule has 2 aromatic carbocycles. The molecule has 1 fully saturated rings. The maximum Gasteiger partial charge on any atom is 0.407 e. The highest BCUT2D eigenvalue weighted by Crippen LogP contribution is 2.44. The highest BCUT2D eigenvalue weighted by molar-refractivity contribution is 5.82. The van der Waals surface area contributed by atoms with E-state index >= 15 is 0 Å². The van der Waals surface area contributed by atoms with Gasteiger partial charge in [0.15, 0.2) is 0 Å². The number of benzene rings is 2. The Hall–Kier alpha value is -3.35. The molecule has 7 nitrogen and oxygen atoms in total. The molecule has 1 saturated carbocycles. The molecule has 4 rings (SSSR count). The molecule has 0 bridgehead atoms. The Morgan fingerprint density at radius 2 is 1.57 bits per heavy atom. The molecule has 3 atom stereocenters. The molecule has 0 radical (unpaired) electrons. The maximum atomic E-state index is 13.0. The number of ether oxygens (including phenoxy) is 1. The summed E-state index contributed by atoms with van der Waals surface area (Å²) in [5.74, 6) is -1.58. The quantitative estimate of drug-likeness (QED) is 0.510. The fourth-order valence-electron chi connectivity index (χ4n) is 5.34. The number of nitrogens with one attached hydrogen (secondary N) is 2. The lowest BCUT2D eigenvalue weighted by molar-refractivity contribution is -0.138. The zero-order chi connectivity index (χ0) is 24.9. The van der Waals surface area contributed by atoms with Gasteiger partial charge in [-0.25, -0.2) is 4.79 Å². The van der Waals surface area contributed by atoms with Gasteiger partial charge in [-0.2, -0.15) is 0 Å². The van der Waals surface area contributed by atoms with Crippen molar-refractivity contribution in [1.29, 1.82) is 0 Å². The minimum Gasteiger partial charge on any atom is -0.481 e. The first-order valence-corrected chi connectivity index (χ1v) is 12.5. The first-order valence-electron chi connectivity index (χ1n) is 12.5. The Morgan fingerprint density at radius 1 is 0.971 bits per heavy atom. The van der Waals surface area contributed by atoms with Crippen molar-refractivity contribution in [1.82, 2.24) is 10.6 Å². The fraction of sp³-hybridized carbons (Fsp3) is 0.464. The predicted molar refractivity (Wildman–Crippen MR) is 133 cm³/mol. The molecule has 186 valence electrons. The van der Waals surface area contributed by atoms with E-state index < -0.39 is 24.0 Å². The van der Waals surface area contributed by atoms with Crippen LogP contribution in [0.15, 0.2) is 48.5 Å². The van der Waals surface area contributed by atoms with Crippen molar-refractivity contribution in [3.8, 4) is 11.1 Å². The van der Waals surface area contributed by atoms with Gasteiger partial charge in [-0.05, 0) is 41.0 Å². The van der Waals surface area contributed by atoms with E-state index in [1.165, 1.54) is 11.1 Å². The van der Waals surface area contributed by atoms with E-state index in [1.54, 1.807) is 0 Å². The third kappa shape index (κ3) is 5.66. The van der Waals surface area contributed by atoms with Gasteiger partial charge >= 0.3 is 12.1 Å². The second-order valence-electron chi connectivity index (χ2n) is 9.92. The number of hydrogen-bond acceptors (Lipinski definition) is 4. The summed E-state index contributed by atoms with van der Waals surface area (Å²) in [6, 6.07) is 15.6. The third-order valence-corrected chi connectivity index (χ3v) is 7.28. The van der Waals surface area contributed by atoms with Gasteiger partial charge in [-0.3, -0.25) is 9.59 Å². The van der Waals surface area contributed by atoms with E-state index in [4.69, 9.17) is 4.74 Å². The van der Waals surface area contributed by atoms with Gasteiger partial charge < -0.3 is 20.5 Å². The molecule has 35 heavy (non-hydrogen) atoms. The van der Waals surface area contributed by atoms with Gasteiger partial charge in [-0.1, -0.05) is 75.2 Å². The van der Waals surface area contributed by atoms with Crippen molar-refractivity contribution in [3.63, 3.8) is 0 Å². The average Bonchev–Trinajstić information content (AvgIpc) is 3.16. The number of rotatable bonds is 8. The molecule has 3 unspecified atom stereocenters. The highest BCUT2D eigenvalue weighted by Gasteiger charge is 2.35. The zero-order valence-corrected chi connectivity index (χ0v) is 20.3. The number of amides is 2. The Balaban J connectivity index is 1.38. The molecule has 0 aliphatic heterocycles. The average molecular weight is 479 g/mol. The number of carboxylic acids is 1. The standard InChI is InChI=1S/C28H34N2O5/c1-17(2)25(15-26(31)32)29-27(33)22-13-7-8-14-24(22)30-28(34)35-16-23-20-11-5-3-9-18(20)19-10-4-6-12-21(19)23/h3-6,9-12,17,22-25H,7-8,13-16H2,1-2H3,(H,29,33)(H,30,34)(H,31,32). The van der Waals surface area contributed by atoms with Crippen molar-refractivity contribution in [2.75, 3.05) is 6.61 Å². The molecule has 2 aromatic rings. The number of fused-ring (bicyclic) bond motifs is 3. The van der Waals surface area contributed by atoms with E-state index in [0.29, 0.717) is 12.8 Å². The van der Waals surface area contributed by atoms with Gasteiger partial charge in [0.05, 0.1) is 12.3 Å². The van der Waals surface area contributed by atoms with Gasteiger partial charge in [0, 0.05) is 18.0 Å². The number of aliphatic carboxylic acids is 1. The first-order chi connectivity index (χ1) is 16.8. The van der Waals surface area contributed by atoms with Crippen LogP contribution in [0.3, 0.4) is 0 Å². The number of carboxylic acid groups (broad SMARTS) is 1. The van der Waals surface area contributed by atoms with Crippen LogP contribution in [0.1, 0.15) is 63.0 Å². The number of carbonyl (C=O) groups excluding carboxylic acids is 2. The van der Waals surface area contributed by atoms with Crippen LogP contribution < -0.4 is 10.6 Å². The lowest BCUT2D eigenvalue weighted by atomic mass is 9.83. The van der Waals surface area contributed by atoms with E-state index in [0.717, 1.165) is 24.0 Å². The molecular weight excluding hydrogens is 444 g/mol. The lowest BCUT2D eigenvalue weighted by Crippen LogP contribution is -2.51. The predicted octanol–water partition coefficient (Wildman–Crippen LogP) is 4.70. The zero-order valence-electron chi connectivity index (χ0n) is 20.3. The van der Waals surface area contributed by atoms with Crippen LogP contribution in [0.4, 0.5) is 4.79 Å². The van der Waals surface area contributed by atoms with Crippen LogP contribution in [0, 0.1) is 11.8 Å². The van der Waals surface area contributed by atoms with Crippen molar-refractivity contribution in [2.45, 2.75) is 64.0 Å². The van der Waals surface area contributed by atoms with Crippen LogP contribution in [-0.2, 0) is 14.3 Å². The number of hydrogen-bond donors (Lipinski definition) is 3. The fourth-order valence-corrected chi connectivity index (χ4v) is 5.34. The molecule has 0 spiro atoms. The molecule has 2 aliphatic carbocycles. The Labute approximate surface area is 206 Å². The Morgan fingerprint density at radius 3 is 2.17 bits per heavy atom. The van der Waals surface area contributed by atoms with Gasteiger partial charge in [0.1, 0.15) is 6.61 Å². The van der Waals surface area contributed by atoms with Gasteiger partial charge in [0.2, 0.25) is 5.91 Å². The lowest BCUT2D eigenvalue weighted by Gasteiger charge is -2.33. The second-order valence-corrected chi connectivity index (χ2v) is 9.92. The van der Waals surface area contributed by atoms with E-state index in [2.05, 4.69) is 34.9 Å². The topological polar surface area (TPSA) is 105 Å².